The van der Waals surface area contributed by atoms with Gasteiger partial charge in [-0.05, 0) is 48.4 Å². The minimum atomic E-state index is -2.84. The van der Waals surface area contributed by atoms with Crippen LogP contribution in [-0.2, 0) is 5.72 Å². The van der Waals surface area contributed by atoms with Crippen molar-refractivity contribution in [3.8, 4) is 5.75 Å². The lowest BCUT2D eigenvalue weighted by molar-refractivity contribution is -0.537. The molecular weight excluding hydrogens is 414 g/mol. The second-order valence-electron chi connectivity index (χ2n) is 6.63. The maximum atomic E-state index is 12.3. The highest BCUT2D eigenvalue weighted by molar-refractivity contribution is 8.13. The number of thioether (sulfide) groups is 1. The molecule has 1 N–H and O–H groups in total. The number of β-amino-alcohol motifs (C(OH)–C–C–N with tert-alkyl or cyclic N) is 1. The fraction of sp³-hybridized carbons (Fsp3) is 0.588. The molecule has 1 saturated heterocycles. The van der Waals surface area contributed by atoms with Gasteiger partial charge in [0.2, 0.25) is 0 Å². The lowest BCUT2D eigenvalue weighted by atomic mass is 10.0. The number of amidine groups is 1. The van der Waals surface area contributed by atoms with E-state index >= 15 is 0 Å². The normalized spacial score (nSPS) is 23.1. The number of hydrogen-bond donors (Lipinski definition) is 1. The molecular formula is C17H23BrF2N2O2S. The number of ether oxygens (including phenoxy) is 1. The summed E-state index contributed by atoms with van der Waals surface area (Å²) in [4.78, 5) is 2.05. The second-order valence-corrected chi connectivity index (χ2v) is 7.69. The fourth-order valence-electron chi connectivity index (χ4n) is 3.32. The molecule has 2 aliphatic rings. The molecule has 1 fully saturated rings. The molecule has 25 heavy (non-hydrogen) atoms. The standard InChI is InChI=1S/C17H23F2N2O2S.BrH/c1-12(2)10-20-11-17(22,21-8-3-9-24-16(20)21)13-4-6-14(7-5-13)23-15(18)19;/h4-7,12,15,22H,3,8-11H2,1-2H3;1H/q+1;/p-1. The van der Waals surface area contributed by atoms with E-state index in [-0.39, 0.29) is 22.7 Å². The molecule has 4 nitrogen and oxygen atoms in total. The van der Waals surface area contributed by atoms with Crippen LogP contribution < -0.4 is 21.7 Å². The van der Waals surface area contributed by atoms with E-state index in [1.54, 1.807) is 23.9 Å². The van der Waals surface area contributed by atoms with Gasteiger partial charge in [-0.2, -0.15) is 8.78 Å². The Morgan fingerprint density at radius 1 is 1.32 bits per heavy atom. The van der Waals surface area contributed by atoms with E-state index in [1.165, 1.54) is 12.1 Å². The molecule has 0 spiro atoms. The van der Waals surface area contributed by atoms with Crippen LogP contribution in [0, 0.1) is 5.92 Å². The van der Waals surface area contributed by atoms with Crippen LogP contribution in [0.4, 0.5) is 8.78 Å². The number of benzene rings is 1. The molecule has 2 aliphatic heterocycles. The molecule has 0 saturated carbocycles. The zero-order valence-electron chi connectivity index (χ0n) is 14.3. The third-order valence-electron chi connectivity index (χ3n) is 4.24. The summed E-state index contributed by atoms with van der Waals surface area (Å²) in [5, 5.41) is 12.5. The monoisotopic (exact) mass is 436 g/mol. The van der Waals surface area contributed by atoms with Crippen molar-refractivity contribution in [1.29, 1.82) is 0 Å². The first-order chi connectivity index (χ1) is 11.4. The lowest BCUT2D eigenvalue weighted by Gasteiger charge is -2.30. The highest BCUT2D eigenvalue weighted by atomic mass is 79.9. The highest BCUT2D eigenvalue weighted by Crippen LogP contribution is 2.37. The van der Waals surface area contributed by atoms with E-state index in [0.717, 1.165) is 30.4 Å². The third-order valence-corrected chi connectivity index (χ3v) is 5.47. The van der Waals surface area contributed by atoms with Crippen LogP contribution in [0.15, 0.2) is 24.3 Å². The van der Waals surface area contributed by atoms with Gasteiger partial charge in [0.05, 0.1) is 13.1 Å². The molecule has 2 heterocycles. The molecule has 0 amide bonds. The SMILES string of the molecule is CC(C)C[N+]1=C2SCCCN2C(O)(c2ccc(OC(F)F)cc2)C1.[Br-]. The van der Waals surface area contributed by atoms with Crippen LogP contribution in [0.5, 0.6) is 5.75 Å². The van der Waals surface area contributed by atoms with Gasteiger partial charge >= 0.3 is 11.8 Å². The van der Waals surface area contributed by atoms with Crippen LogP contribution in [0.2, 0.25) is 0 Å². The van der Waals surface area contributed by atoms with Crippen LogP contribution >= 0.6 is 11.8 Å². The summed E-state index contributed by atoms with van der Waals surface area (Å²) in [5.41, 5.74) is -0.420. The van der Waals surface area contributed by atoms with Crippen molar-refractivity contribution < 1.29 is 40.2 Å². The van der Waals surface area contributed by atoms with E-state index in [2.05, 4.69) is 23.2 Å². The summed E-state index contributed by atoms with van der Waals surface area (Å²) in [6.45, 7) is 3.64. The summed E-state index contributed by atoms with van der Waals surface area (Å²) in [6, 6.07) is 6.32. The van der Waals surface area contributed by atoms with Crippen LogP contribution in [0.3, 0.4) is 0 Å². The van der Waals surface area contributed by atoms with Crippen LogP contribution in [-0.4, -0.2) is 51.7 Å². The lowest BCUT2D eigenvalue weighted by Crippen LogP contribution is -3.00. The zero-order valence-corrected chi connectivity index (χ0v) is 16.7. The van der Waals surface area contributed by atoms with Gasteiger partial charge in [-0.25, -0.2) is 9.48 Å². The Morgan fingerprint density at radius 3 is 2.60 bits per heavy atom. The topological polar surface area (TPSA) is 35.7 Å². The number of alkyl halides is 2. The molecule has 1 aromatic rings. The van der Waals surface area contributed by atoms with E-state index in [4.69, 9.17) is 0 Å². The predicted molar refractivity (Wildman–Crippen MR) is 90.6 cm³/mol. The van der Waals surface area contributed by atoms with E-state index in [9.17, 15) is 13.9 Å². The molecule has 0 aromatic heterocycles. The summed E-state index contributed by atoms with van der Waals surface area (Å²) in [5.74, 6) is 1.65. The van der Waals surface area contributed by atoms with Gasteiger partial charge in [0.25, 0.3) is 5.72 Å². The highest BCUT2D eigenvalue weighted by Gasteiger charge is 2.54. The summed E-state index contributed by atoms with van der Waals surface area (Å²) in [7, 11) is 0. The molecule has 0 aliphatic carbocycles. The Morgan fingerprint density at radius 2 is 2.00 bits per heavy atom. The minimum absolute atomic E-state index is 0. The van der Waals surface area contributed by atoms with Gasteiger partial charge in [-0.1, -0.05) is 13.8 Å². The smallest absolute Gasteiger partial charge is 0.387 e. The average Bonchev–Trinajstić information content (AvgIpc) is 2.81. The predicted octanol–water partition coefficient (Wildman–Crippen LogP) is -0.0859. The Hall–Kier alpha value is -0.860. The molecule has 8 heteroatoms. The summed E-state index contributed by atoms with van der Waals surface area (Å²) < 4.78 is 31.2. The maximum Gasteiger partial charge on any atom is 0.387 e. The maximum absolute atomic E-state index is 12.3. The van der Waals surface area contributed by atoms with E-state index < -0.39 is 12.3 Å². The molecule has 0 radical (unpaired) electrons. The number of nitrogens with zero attached hydrogens (tertiary/aromatic N) is 2. The van der Waals surface area contributed by atoms with Crippen molar-refractivity contribution >= 4 is 16.9 Å². The Labute approximate surface area is 161 Å². The molecule has 1 unspecified atom stereocenters. The van der Waals surface area contributed by atoms with Gasteiger partial charge < -0.3 is 26.8 Å². The van der Waals surface area contributed by atoms with Gasteiger partial charge in [-0.15, -0.1) is 0 Å². The fourth-order valence-corrected chi connectivity index (χ4v) is 4.49. The van der Waals surface area contributed by atoms with Crippen molar-refractivity contribution in [3.63, 3.8) is 0 Å². The molecule has 3 rings (SSSR count). The quantitative estimate of drug-likeness (QED) is 0.654. The van der Waals surface area contributed by atoms with E-state index in [1.807, 2.05) is 4.90 Å². The number of hydrogen-bond acceptors (Lipinski definition) is 4. The third kappa shape index (κ3) is 4.28. The average molecular weight is 437 g/mol. The van der Waals surface area contributed by atoms with Gasteiger partial charge in [0.15, 0.2) is 6.54 Å². The second kappa shape index (κ2) is 8.22. The molecule has 1 aromatic carbocycles. The largest absolute Gasteiger partial charge is 1.00 e. The summed E-state index contributed by atoms with van der Waals surface area (Å²) >= 11 is 1.78. The number of aliphatic hydroxyl groups is 1. The van der Waals surface area contributed by atoms with E-state index in [0.29, 0.717) is 18.0 Å². The van der Waals surface area contributed by atoms with Crippen molar-refractivity contribution in [3.05, 3.63) is 29.8 Å². The Balaban J connectivity index is 0.00000225. The number of rotatable bonds is 5. The Kier molecular flexibility index (Phi) is 6.73. The van der Waals surface area contributed by atoms with Crippen molar-refractivity contribution in [1.82, 2.24) is 4.90 Å². The van der Waals surface area contributed by atoms with Crippen molar-refractivity contribution in [2.45, 2.75) is 32.6 Å². The number of halogens is 3. The van der Waals surface area contributed by atoms with Crippen molar-refractivity contribution in [2.75, 3.05) is 25.4 Å². The molecule has 140 valence electrons. The first-order valence-electron chi connectivity index (χ1n) is 8.20. The Bertz CT molecular complexity index is 628. The van der Waals surface area contributed by atoms with Gasteiger partial charge in [0.1, 0.15) is 5.75 Å². The van der Waals surface area contributed by atoms with Gasteiger partial charge in [-0.3, -0.25) is 0 Å². The first kappa shape index (κ1) is 20.5. The number of fused-ring (bicyclic) bond motifs is 1. The minimum Gasteiger partial charge on any atom is -1.00 e. The summed E-state index contributed by atoms with van der Waals surface area (Å²) in [6.07, 6.45) is 1.01. The zero-order chi connectivity index (χ0) is 17.3. The van der Waals surface area contributed by atoms with Crippen molar-refractivity contribution in [2.24, 2.45) is 5.92 Å². The molecule has 0 bridgehead atoms. The molecule has 1 atom stereocenters. The van der Waals surface area contributed by atoms with Gasteiger partial charge in [0, 0.05) is 11.3 Å². The first-order valence-corrected chi connectivity index (χ1v) is 9.19. The van der Waals surface area contributed by atoms with Crippen LogP contribution in [0.25, 0.3) is 0 Å². The van der Waals surface area contributed by atoms with Crippen LogP contribution in [0.1, 0.15) is 25.8 Å².